The summed E-state index contributed by atoms with van der Waals surface area (Å²) in [6.45, 7) is 7.07. The molecule has 0 aliphatic rings. The molecule has 0 rings (SSSR count). The Morgan fingerprint density at radius 2 is 2.00 bits per heavy atom. The Balaban J connectivity index is 3.97. The van der Waals surface area contributed by atoms with Crippen LogP contribution in [0.15, 0.2) is 12.7 Å². The maximum atomic E-state index is 11.7. The van der Waals surface area contributed by atoms with E-state index in [1.54, 1.807) is 0 Å². The van der Waals surface area contributed by atoms with Gasteiger partial charge in [-0.3, -0.25) is 4.79 Å². The van der Waals surface area contributed by atoms with Crippen molar-refractivity contribution in [3.8, 4) is 0 Å². The van der Waals surface area contributed by atoms with E-state index in [-0.39, 0.29) is 5.91 Å². The minimum atomic E-state index is -2.13. The summed E-state index contributed by atoms with van der Waals surface area (Å²) in [6.07, 6.45) is 2.77. The molecule has 0 spiro atoms. The van der Waals surface area contributed by atoms with Gasteiger partial charge in [-0.25, -0.2) is 0 Å². The fraction of sp³-hybridized carbons (Fsp3) is 0.625. The van der Waals surface area contributed by atoms with Crippen LogP contribution in [0.3, 0.4) is 0 Å². The lowest BCUT2D eigenvalue weighted by Gasteiger charge is -2.13. The minimum absolute atomic E-state index is 0.253. The van der Waals surface area contributed by atoms with Gasteiger partial charge in [0.25, 0.3) is 0 Å². The van der Waals surface area contributed by atoms with Gasteiger partial charge in [-0.2, -0.15) is 0 Å². The largest absolute Gasteiger partial charge is 0.346 e. The van der Waals surface area contributed by atoms with Crippen LogP contribution in [0.5, 0.6) is 0 Å². The van der Waals surface area contributed by atoms with Gasteiger partial charge >= 0.3 is 0 Å². The van der Waals surface area contributed by atoms with Gasteiger partial charge in [-0.15, -0.1) is 0 Å². The summed E-state index contributed by atoms with van der Waals surface area (Å²) in [5, 5.41) is 2.55. The average molecular weight is 189 g/mol. The molecule has 0 aromatic heterocycles. The van der Waals surface area contributed by atoms with Crippen molar-refractivity contribution >= 4 is 13.0 Å². The van der Waals surface area contributed by atoms with Gasteiger partial charge in [0, 0.05) is 0 Å². The molecule has 0 unspecified atom stereocenters. The Morgan fingerprint density at radius 1 is 1.50 bits per heavy atom. The molecule has 1 N–H and O–H groups in total. The third kappa shape index (κ3) is 3.72. The Bertz CT molecular complexity index is 205. The first-order chi connectivity index (χ1) is 5.58. The van der Waals surface area contributed by atoms with Gasteiger partial charge in [0.1, 0.15) is 7.14 Å². The molecule has 0 heterocycles. The van der Waals surface area contributed by atoms with E-state index >= 15 is 0 Å². The number of carbonyl (C=O) groups is 1. The summed E-state index contributed by atoms with van der Waals surface area (Å²) in [5.74, 6) is -0.253. The zero-order chi connectivity index (χ0) is 9.61. The van der Waals surface area contributed by atoms with Crippen molar-refractivity contribution in [1.29, 1.82) is 0 Å². The zero-order valence-corrected chi connectivity index (χ0v) is 8.56. The van der Waals surface area contributed by atoms with Crippen LogP contribution in [0, 0.1) is 0 Å². The van der Waals surface area contributed by atoms with Crippen LogP contribution in [0.2, 0.25) is 0 Å². The standard InChI is InChI=1S/C8H16NO2P/c1-4-8(10)9-7-12(11,5-2)6-3/h4H,1,5-7H2,2-3H3,(H,9,10). The number of rotatable bonds is 5. The van der Waals surface area contributed by atoms with Crippen LogP contribution >= 0.6 is 7.14 Å². The average Bonchev–Trinajstić information content (AvgIpc) is 2.13. The van der Waals surface area contributed by atoms with Crippen molar-refractivity contribution in [2.75, 3.05) is 18.6 Å². The van der Waals surface area contributed by atoms with Crippen LogP contribution in [0.25, 0.3) is 0 Å². The van der Waals surface area contributed by atoms with E-state index in [4.69, 9.17) is 0 Å². The molecule has 70 valence electrons. The van der Waals surface area contributed by atoms with Crippen molar-refractivity contribution < 1.29 is 9.36 Å². The van der Waals surface area contributed by atoms with Crippen LogP contribution in [0.1, 0.15) is 13.8 Å². The molecule has 0 aromatic rings. The quantitative estimate of drug-likeness (QED) is 0.528. The highest BCUT2D eigenvalue weighted by Gasteiger charge is 2.16. The SMILES string of the molecule is C=CC(=O)NCP(=O)(CC)CC. The second-order valence-electron chi connectivity index (χ2n) is 2.59. The number of nitrogens with one attached hydrogen (secondary N) is 1. The lowest BCUT2D eigenvalue weighted by molar-refractivity contribution is -0.116. The summed E-state index contributed by atoms with van der Waals surface area (Å²) in [6, 6.07) is 0. The molecule has 0 saturated carbocycles. The Kier molecular flexibility index (Phi) is 4.91. The predicted molar refractivity (Wildman–Crippen MR) is 51.9 cm³/mol. The lowest BCUT2D eigenvalue weighted by Crippen LogP contribution is -2.23. The van der Waals surface area contributed by atoms with Gasteiger partial charge in [0.2, 0.25) is 5.91 Å². The topological polar surface area (TPSA) is 46.2 Å². The number of amides is 1. The van der Waals surface area contributed by atoms with E-state index in [9.17, 15) is 9.36 Å². The smallest absolute Gasteiger partial charge is 0.243 e. The highest BCUT2D eigenvalue weighted by Crippen LogP contribution is 2.42. The second kappa shape index (κ2) is 5.15. The third-order valence-corrected chi connectivity index (χ3v) is 4.92. The maximum Gasteiger partial charge on any atom is 0.243 e. The highest BCUT2D eigenvalue weighted by molar-refractivity contribution is 7.63. The van der Waals surface area contributed by atoms with E-state index in [1.807, 2.05) is 13.8 Å². The molecule has 0 bridgehead atoms. The van der Waals surface area contributed by atoms with Crippen molar-refractivity contribution in [1.82, 2.24) is 5.32 Å². The Hall–Kier alpha value is -0.560. The first-order valence-corrected chi connectivity index (χ1v) is 6.31. The molecule has 0 atom stereocenters. The summed E-state index contributed by atoms with van der Waals surface area (Å²) in [7, 11) is -2.13. The van der Waals surface area contributed by atoms with E-state index in [0.29, 0.717) is 18.6 Å². The molecule has 0 aliphatic heterocycles. The fourth-order valence-electron chi connectivity index (χ4n) is 0.741. The zero-order valence-electron chi connectivity index (χ0n) is 7.67. The molecule has 0 aromatic carbocycles. The molecular weight excluding hydrogens is 173 g/mol. The molecule has 1 amide bonds. The Labute approximate surface area is 73.6 Å². The normalized spacial score (nSPS) is 10.8. The van der Waals surface area contributed by atoms with Gasteiger partial charge < -0.3 is 9.88 Å². The summed E-state index contributed by atoms with van der Waals surface area (Å²) >= 11 is 0. The van der Waals surface area contributed by atoms with Crippen LogP contribution < -0.4 is 5.32 Å². The molecule has 3 nitrogen and oxygen atoms in total. The van der Waals surface area contributed by atoms with E-state index < -0.39 is 7.14 Å². The third-order valence-electron chi connectivity index (χ3n) is 1.88. The van der Waals surface area contributed by atoms with Crippen LogP contribution in [0.4, 0.5) is 0 Å². The van der Waals surface area contributed by atoms with Crippen molar-refractivity contribution in [3.63, 3.8) is 0 Å². The fourth-order valence-corrected chi connectivity index (χ4v) is 2.08. The number of hydrogen-bond acceptors (Lipinski definition) is 2. The highest BCUT2D eigenvalue weighted by atomic mass is 31.2. The van der Waals surface area contributed by atoms with Crippen molar-refractivity contribution in [3.05, 3.63) is 12.7 Å². The number of hydrogen-bond donors (Lipinski definition) is 1. The molecule has 4 heteroatoms. The molecule has 0 fully saturated rings. The van der Waals surface area contributed by atoms with Gasteiger partial charge in [-0.1, -0.05) is 20.4 Å². The summed E-state index contributed by atoms with van der Waals surface area (Å²) in [4.78, 5) is 10.7. The van der Waals surface area contributed by atoms with Crippen molar-refractivity contribution in [2.24, 2.45) is 0 Å². The lowest BCUT2D eigenvalue weighted by atomic mass is 10.6. The molecule has 0 radical (unpaired) electrons. The summed E-state index contributed by atoms with van der Waals surface area (Å²) < 4.78 is 11.7. The summed E-state index contributed by atoms with van der Waals surface area (Å²) in [5.41, 5.74) is 0. The first-order valence-electron chi connectivity index (χ1n) is 4.05. The predicted octanol–water partition coefficient (Wildman–Crippen LogP) is 1.65. The van der Waals surface area contributed by atoms with E-state index in [2.05, 4.69) is 11.9 Å². The van der Waals surface area contributed by atoms with Gasteiger partial charge in [-0.05, 0) is 18.4 Å². The molecule has 12 heavy (non-hydrogen) atoms. The van der Waals surface area contributed by atoms with Crippen LogP contribution in [-0.2, 0) is 9.36 Å². The molecular formula is C8H16NO2P. The minimum Gasteiger partial charge on any atom is -0.346 e. The van der Waals surface area contributed by atoms with Crippen molar-refractivity contribution in [2.45, 2.75) is 13.8 Å². The van der Waals surface area contributed by atoms with Crippen LogP contribution in [-0.4, -0.2) is 24.5 Å². The maximum absolute atomic E-state index is 11.7. The number of carbonyl (C=O) groups excluding carboxylic acids is 1. The van der Waals surface area contributed by atoms with Gasteiger partial charge in [0.15, 0.2) is 0 Å². The second-order valence-corrected chi connectivity index (χ2v) is 6.29. The molecule has 0 aliphatic carbocycles. The Morgan fingerprint density at radius 3 is 2.33 bits per heavy atom. The van der Waals surface area contributed by atoms with E-state index in [1.165, 1.54) is 6.08 Å². The van der Waals surface area contributed by atoms with Gasteiger partial charge in [0.05, 0.1) is 6.29 Å². The monoisotopic (exact) mass is 189 g/mol. The molecule has 0 saturated heterocycles. The first kappa shape index (κ1) is 11.4. The van der Waals surface area contributed by atoms with E-state index in [0.717, 1.165) is 0 Å².